The van der Waals surface area contributed by atoms with Crippen molar-refractivity contribution in [3.8, 4) is 11.1 Å². The first-order chi connectivity index (χ1) is 17.7. The van der Waals surface area contributed by atoms with E-state index in [1.165, 1.54) is 45.3 Å². The molecular formula is C31H26BN4+. The van der Waals surface area contributed by atoms with Gasteiger partial charge >= 0.3 is 7.12 Å². The normalized spacial score (nSPS) is 13.6. The minimum Gasteiger partial charge on any atom is -0.322 e. The van der Waals surface area contributed by atoms with Crippen LogP contribution in [0.5, 0.6) is 0 Å². The molecule has 172 valence electrons. The summed E-state index contributed by atoms with van der Waals surface area (Å²) in [6.45, 7) is 2.20. The average molecular weight is 465 g/mol. The lowest BCUT2D eigenvalue weighted by Crippen LogP contribution is -2.56. The number of pyridine rings is 1. The maximum absolute atomic E-state index is 2.50. The summed E-state index contributed by atoms with van der Waals surface area (Å²) < 4.78 is 2.24. The van der Waals surface area contributed by atoms with Gasteiger partial charge in [0.05, 0.1) is 13.2 Å². The Labute approximate surface area is 212 Å². The SMILES string of the molecule is Cc1ccccc1N1B2N(c3ccccc3)c3ccccc3-c3ccccc3N2c2ccc[n+](C)c21. The Morgan fingerprint density at radius 2 is 1.08 bits per heavy atom. The van der Waals surface area contributed by atoms with Crippen molar-refractivity contribution in [2.45, 2.75) is 6.92 Å². The lowest BCUT2D eigenvalue weighted by atomic mass is 9.82. The molecule has 36 heavy (non-hydrogen) atoms. The van der Waals surface area contributed by atoms with E-state index in [9.17, 15) is 0 Å². The molecule has 3 heterocycles. The van der Waals surface area contributed by atoms with Gasteiger partial charge in [-0.05, 0) is 55.0 Å². The quantitative estimate of drug-likeness (QED) is 0.208. The molecule has 4 nitrogen and oxygen atoms in total. The Kier molecular flexibility index (Phi) is 4.64. The number of anilines is 6. The molecule has 0 atom stereocenters. The highest BCUT2D eigenvalue weighted by atomic mass is 15.4. The minimum absolute atomic E-state index is 0.137. The molecule has 5 heteroatoms. The minimum atomic E-state index is -0.137. The van der Waals surface area contributed by atoms with E-state index < -0.39 is 0 Å². The van der Waals surface area contributed by atoms with Crippen LogP contribution >= 0.6 is 0 Å². The van der Waals surface area contributed by atoms with E-state index in [1.54, 1.807) is 0 Å². The summed E-state index contributed by atoms with van der Waals surface area (Å²) in [6.07, 6.45) is 2.14. The Bertz CT molecular complexity index is 1600. The molecule has 4 aromatic carbocycles. The number of aryl methyl sites for hydroxylation is 2. The molecule has 0 bridgehead atoms. The fraction of sp³-hybridized carbons (Fsp3) is 0.0645. The molecule has 0 unspecified atom stereocenters. The van der Waals surface area contributed by atoms with E-state index in [0.717, 1.165) is 5.69 Å². The zero-order valence-electron chi connectivity index (χ0n) is 20.4. The molecule has 2 aliphatic rings. The Hall–Kier alpha value is -4.51. The molecule has 0 amide bonds. The number of rotatable bonds is 2. The van der Waals surface area contributed by atoms with Crippen LogP contribution in [0.2, 0.25) is 0 Å². The summed E-state index contributed by atoms with van der Waals surface area (Å²) in [6, 6.07) is 41.4. The molecule has 2 aliphatic heterocycles. The number of benzene rings is 4. The Morgan fingerprint density at radius 1 is 0.528 bits per heavy atom. The van der Waals surface area contributed by atoms with E-state index in [0.29, 0.717) is 0 Å². The molecule has 0 spiro atoms. The van der Waals surface area contributed by atoms with Crippen molar-refractivity contribution in [3.05, 3.63) is 127 Å². The van der Waals surface area contributed by atoms with Crippen molar-refractivity contribution in [2.75, 3.05) is 14.4 Å². The number of nitrogens with zero attached hydrogens (tertiary/aromatic N) is 4. The van der Waals surface area contributed by atoms with Gasteiger partial charge in [0.1, 0.15) is 11.4 Å². The number of para-hydroxylation sites is 4. The molecule has 0 N–H and O–H groups in total. The second-order valence-electron chi connectivity index (χ2n) is 9.44. The zero-order chi connectivity index (χ0) is 24.2. The molecule has 1 aromatic heterocycles. The molecular weight excluding hydrogens is 439 g/mol. The fourth-order valence-electron chi connectivity index (χ4n) is 5.79. The predicted molar refractivity (Wildman–Crippen MR) is 149 cm³/mol. The number of aromatic nitrogens is 1. The maximum atomic E-state index is 2.50. The van der Waals surface area contributed by atoms with Gasteiger partial charge in [-0.2, -0.15) is 0 Å². The van der Waals surface area contributed by atoms with Crippen molar-refractivity contribution in [3.63, 3.8) is 0 Å². The van der Waals surface area contributed by atoms with Crippen LogP contribution in [0, 0.1) is 6.92 Å². The Balaban J connectivity index is 1.63. The standard InChI is InChI=1S/C31H26BN4/c1-23-13-6-9-18-27(23)36-31-30(21-12-22-33(31)2)35-29-20-11-8-17-26(29)25-16-7-10-19-28(25)34(32(35)36)24-14-4-3-5-15-24/h3-22H,1-2H3/q+1. The smallest absolute Gasteiger partial charge is 0.322 e. The van der Waals surface area contributed by atoms with Gasteiger partial charge in [-0.25, -0.2) is 9.38 Å². The number of fused-ring (bicyclic) bond motifs is 7. The number of hydrogen-bond acceptors (Lipinski definition) is 3. The topological polar surface area (TPSA) is 13.6 Å². The van der Waals surface area contributed by atoms with Crippen molar-refractivity contribution in [2.24, 2.45) is 7.05 Å². The first-order valence-electron chi connectivity index (χ1n) is 12.4. The van der Waals surface area contributed by atoms with Crippen molar-refractivity contribution >= 4 is 41.4 Å². The molecule has 7 rings (SSSR count). The lowest BCUT2D eigenvalue weighted by molar-refractivity contribution is -0.657. The fourth-order valence-corrected chi connectivity index (χ4v) is 5.79. The van der Waals surface area contributed by atoms with Crippen molar-refractivity contribution in [1.82, 2.24) is 0 Å². The molecule has 0 radical (unpaired) electrons. The number of hydrogen-bond donors (Lipinski definition) is 0. The highest BCUT2D eigenvalue weighted by Gasteiger charge is 2.58. The van der Waals surface area contributed by atoms with E-state index in [1.807, 2.05) is 0 Å². The van der Waals surface area contributed by atoms with E-state index >= 15 is 0 Å². The van der Waals surface area contributed by atoms with E-state index in [-0.39, 0.29) is 7.12 Å². The van der Waals surface area contributed by atoms with Crippen LogP contribution < -0.4 is 19.0 Å². The molecule has 5 aromatic rings. The van der Waals surface area contributed by atoms with Crippen LogP contribution in [0.3, 0.4) is 0 Å². The third-order valence-corrected chi connectivity index (χ3v) is 7.33. The lowest BCUT2D eigenvalue weighted by Gasteiger charge is -2.33. The average Bonchev–Trinajstić information content (AvgIpc) is 3.19. The van der Waals surface area contributed by atoms with Crippen LogP contribution in [0.4, 0.5) is 34.3 Å². The summed E-state index contributed by atoms with van der Waals surface area (Å²) in [5.41, 5.74) is 9.66. The predicted octanol–water partition coefficient (Wildman–Crippen LogP) is 6.91. The zero-order valence-corrected chi connectivity index (χ0v) is 20.4. The van der Waals surface area contributed by atoms with Crippen LogP contribution in [0.15, 0.2) is 121 Å². The second kappa shape index (κ2) is 8.03. The van der Waals surface area contributed by atoms with Gasteiger partial charge in [-0.15, -0.1) is 0 Å². The van der Waals surface area contributed by atoms with Gasteiger partial charge < -0.3 is 9.62 Å². The van der Waals surface area contributed by atoms with Gasteiger partial charge in [0, 0.05) is 28.2 Å². The van der Waals surface area contributed by atoms with Crippen molar-refractivity contribution < 1.29 is 4.57 Å². The first kappa shape index (κ1) is 20.8. The summed E-state index contributed by atoms with van der Waals surface area (Å²) in [5, 5.41) is 0. The van der Waals surface area contributed by atoms with Gasteiger partial charge in [0.2, 0.25) is 0 Å². The van der Waals surface area contributed by atoms with Gasteiger partial charge in [0.15, 0.2) is 0 Å². The molecule has 0 saturated carbocycles. The van der Waals surface area contributed by atoms with E-state index in [2.05, 4.69) is 154 Å². The van der Waals surface area contributed by atoms with E-state index in [4.69, 9.17) is 0 Å². The molecule has 0 saturated heterocycles. The van der Waals surface area contributed by atoms with Gasteiger partial charge in [0.25, 0.3) is 5.82 Å². The third-order valence-electron chi connectivity index (χ3n) is 7.33. The van der Waals surface area contributed by atoms with Crippen LogP contribution in [-0.4, -0.2) is 7.12 Å². The molecule has 0 fully saturated rings. The summed E-state index contributed by atoms with van der Waals surface area (Å²) in [4.78, 5) is 7.49. The van der Waals surface area contributed by atoms with Gasteiger partial charge in [-0.3, -0.25) is 0 Å². The monoisotopic (exact) mass is 465 g/mol. The van der Waals surface area contributed by atoms with Crippen LogP contribution in [-0.2, 0) is 7.05 Å². The Morgan fingerprint density at radius 3 is 1.78 bits per heavy atom. The highest BCUT2D eigenvalue weighted by Crippen LogP contribution is 2.53. The largest absolute Gasteiger partial charge is 0.643 e. The third kappa shape index (κ3) is 2.92. The summed E-state index contributed by atoms with van der Waals surface area (Å²) in [7, 11) is 2.00. The van der Waals surface area contributed by atoms with Crippen LogP contribution in [0.25, 0.3) is 11.1 Å². The van der Waals surface area contributed by atoms with Gasteiger partial charge in [-0.1, -0.05) is 72.8 Å². The first-order valence-corrected chi connectivity index (χ1v) is 12.4. The van der Waals surface area contributed by atoms with Crippen LogP contribution in [0.1, 0.15) is 5.56 Å². The molecule has 0 aliphatic carbocycles. The second-order valence-corrected chi connectivity index (χ2v) is 9.44. The highest BCUT2D eigenvalue weighted by molar-refractivity contribution is 6.78. The summed E-state index contributed by atoms with van der Waals surface area (Å²) in [5.74, 6) is 1.17. The maximum Gasteiger partial charge on any atom is 0.643 e. The summed E-state index contributed by atoms with van der Waals surface area (Å²) >= 11 is 0. The van der Waals surface area contributed by atoms with Crippen molar-refractivity contribution in [1.29, 1.82) is 0 Å².